The number of halogens is 2. The van der Waals surface area contributed by atoms with E-state index in [0.29, 0.717) is 16.0 Å². The Hall–Kier alpha value is -1.58. The monoisotopic (exact) mass is 366 g/mol. The number of ether oxygens (including phenoxy) is 1. The van der Waals surface area contributed by atoms with Gasteiger partial charge in [-0.2, -0.15) is 0 Å². The fraction of sp³-hybridized carbons (Fsp3) is 0.368. The first kappa shape index (κ1) is 18.8. The van der Waals surface area contributed by atoms with Gasteiger partial charge in [0.15, 0.2) is 0 Å². The van der Waals surface area contributed by atoms with Crippen molar-refractivity contribution >= 4 is 34.6 Å². The van der Waals surface area contributed by atoms with Gasteiger partial charge in [0, 0.05) is 30.5 Å². The molecule has 0 fully saturated rings. The SMILES string of the molecule is CC(C)CCOc1cccc(NCCNc2ccc(Cl)c(Cl)c2)c1. The van der Waals surface area contributed by atoms with E-state index in [0.717, 1.165) is 43.2 Å². The third-order valence-electron chi connectivity index (χ3n) is 3.50. The highest BCUT2D eigenvalue weighted by Gasteiger charge is 2.00. The summed E-state index contributed by atoms with van der Waals surface area (Å²) in [5.74, 6) is 1.55. The largest absolute Gasteiger partial charge is 0.494 e. The Balaban J connectivity index is 1.74. The molecule has 130 valence electrons. The first-order valence-electron chi connectivity index (χ1n) is 8.20. The zero-order chi connectivity index (χ0) is 17.4. The van der Waals surface area contributed by atoms with Crippen molar-refractivity contribution in [2.75, 3.05) is 30.3 Å². The maximum atomic E-state index is 6.00. The summed E-state index contributed by atoms with van der Waals surface area (Å²) < 4.78 is 5.77. The van der Waals surface area contributed by atoms with Crippen LogP contribution in [-0.2, 0) is 0 Å². The van der Waals surface area contributed by atoms with Crippen LogP contribution in [-0.4, -0.2) is 19.7 Å². The van der Waals surface area contributed by atoms with Gasteiger partial charge >= 0.3 is 0 Å². The Morgan fingerprint density at radius 1 is 0.917 bits per heavy atom. The van der Waals surface area contributed by atoms with E-state index in [9.17, 15) is 0 Å². The molecule has 2 N–H and O–H groups in total. The lowest BCUT2D eigenvalue weighted by molar-refractivity contribution is 0.289. The zero-order valence-electron chi connectivity index (χ0n) is 14.1. The minimum absolute atomic E-state index is 0.556. The highest BCUT2D eigenvalue weighted by Crippen LogP contribution is 2.24. The van der Waals surface area contributed by atoms with Crippen LogP contribution >= 0.6 is 23.2 Å². The number of hydrogen-bond acceptors (Lipinski definition) is 3. The van der Waals surface area contributed by atoms with Crippen molar-refractivity contribution in [1.29, 1.82) is 0 Å². The molecule has 0 radical (unpaired) electrons. The van der Waals surface area contributed by atoms with Gasteiger partial charge < -0.3 is 15.4 Å². The van der Waals surface area contributed by atoms with Crippen molar-refractivity contribution in [3.05, 3.63) is 52.5 Å². The molecule has 0 aliphatic heterocycles. The van der Waals surface area contributed by atoms with Gasteiger partial charge in [0.05, 0.1) is 16.7 Å². The number of nitrogens with one attached hydrogen (secondary N) is 2. The number of hydrogen-bond donors (Lipinski definition) is 2. The topological polar surface area (TPSA) is 33.3 Å². The van der Waals surface area contributed by atoms with E-state index in [2.05, 4.69) is 24.5 Å². The molecule has 2 rings (SSSR count). The van der Waals surface area contributed by atoms with Gasteiger partial charge in [0.25, 0.3) is 0 Å². The predicted molar refractivity (Wildman–Crippen MR) is 105 cm³/mol. The Labute approximate surface area is 154 Å². The summed E-state index contributed by atoms with van der Waals surface area (Å²) in [5.41, 5.74) is 2.00. The second-order valence-corrected chi connectivity index (χ2v) is 6.86. The first-order chi connectivity index (χ1) is 11.5. The van der Waals surface area contributed by atoms with Gasteiger partial charge in [0.2, 0.25) is 0 Å². The molecular formula is C19H24Cl2N2O. The molecule has 0 atom stereocenters. The van der Waals surface area contributed by atoms with E-state index >= 15 is 0 Å². The Morgan fingerprint density at radius 2 is 1.62 bits per heavy atom. The lowest BCUT2D eigenvalue weighted by Gasteiger charge is -2.12. The molecule has 0 bridgehead atoms. The molecule has 0 aliphatic carbocycles. The second-order valence-electron chi connectivity index (χ2n) is 6.04. The van der Waals surface area contributed by atoms with Gasteiger partial charge in [-0.1, -0.05) is 43.1 Å². The molecule has 0 unspecified atom stereocenters. The van der Waals surface area contributed by atoms with E-state index in [1.807, 2.05) is 36.4 Å². The first-order valence-corrected chi connectivity index (χ1v) is 8.96. The van der Waals surface area contributed by atoms with E-state index in [1.54, 1.807) is 6.07 Å². The lowest BCUT2D eigenvalue weighted by Crippen LogP contribution is -2.13. The third kappa shape index (κ3) is 6.50. The smallest absolute Gasteiger partial charge is 0.121 e. The van der Waals surface area contributed by atoms with Gasteiger partial charge in [-0.25, -0.2) is 0 Å². The van der Waals surface area contributed by atoms with Crippen LogP contribution in [0.3, 0.4) is 0 Å². The average Bonchev–Trinajstić information content (AvgIpc) is 2.55. The van der Waals surface area contributed by atoms with Crippen LogP contribution in [0, 0.1) is 5.92 Å². The van der Waals surface area contributed by atoms with Crippen LogP contribution in [0.1, 0.15) is 20.3 Å². The third-order valence-corrected chi connectivity index (χ3v) is 4.24. The zero-order valence-corrected chi connectivity index (χ0v) is 15.6. The van der Waals surface area contributed by atoms with Crippen molar-refractivity contribution in [3.8, 4) is 5.75 Å². The maximum Gasteiger partial charge on any atom is 0.121 e. The minimum atomic E-state index is 0.556. The molecule has 3 nitrogen and oxygen atoms in total. The molecule has 0 saturated carbocycles. The summed E-state index contributed by atoms with van der Waals surface area (Å²) in [6.07, 6.45) is 1.06. The van der Waals surface area contributed by atoms with Crippen molar-refractivity contribution in [1.82, 2.24) is 0 Å². The Kier molecular flexibility index (Phi) is 7.54. The lowest BCUT2D eigenvalue weighted by atomic mass is 10.1. The molecule has 0 saturated heterocycles. The molecule has 24 heavy (non-hydrogen) atoms. The van der Waals surface area contributed by atoms with Crippen LogP contribution in [0.5, 0.6) is 5.75 Å². The van der Waals surface area contributed by atoms with Gasteiger partial charge in [-0.05, 0) is 42.7 Å². The summed E-state index contributed by atoms with van der Waals surface area (Å²) in [4.78, 5) is 0. The van der Waals surface area contributed by atoms with Crippen LogP contribution in [0.25, 0.3) is 0 Å². The van der Waals surface area contributed by atoms with E-state index < -0.39 is 0 Å². The highest BCUT2D eigenvalue weighted by atomic mass is 35.5. The number of anilines is 2. The molecule has 2 aromatic rings. The molecule has 0 spiro atoms. The summed E-state index contributed by atoms with van der Waals surface area (Å²) >= 11 is 11.9. The number of benzene rings is 2. The molecule has 2 aromatic carbocycles. The summed E-state index contributed by atoms with van der Waals surface area (Å²) in [7, 11) is 0. The molecule has 0 aromatic heterocycles. The summed E-state index contributed by atoms with van der Waals surface area (Å²) in [5, 5.41) is 7.81. The molecular weight excluding hydrogens is 343 g/mol. The molecule has 0 heterocycles. The maximum absolute atomic E-state index is 6.00. The second kappa shape index (κ2) is 9.65. The molecule has 0 aliphatic rings. The number of rotatable bonds is 9. The van der Waals surface area contributed by atoms with E-state index in [1.165, 1.54) is 0 Å². The summed E-state index contributed by atoms with van der Waals surface area (Å²) in [6, 6.07) is 13.6. The average molecular weight is 367 g/mol. The van der Waals surface area contributed by atoms with Crippen LogP contribution in [0.2, 0.25) is 10.0 Å². The van der Waals surface area contributed by atoms with Crippen molar-refractivity contribution < 1.29 is 4.74 Å². The Morgan fingerprint density at radius 3 is 2.29 bits per heavy atom. The summed E-state index contributed by atoms with van der Waals surface area (Å²) in [6.45, 7) is 6.70. The highest BCUT2D eigenvalue weighted by molar-refractivity contribution is 6.42. The quantitative estimate of drug-likeness (QED) is 0.538. The Bertz CT molecular complexity index is 647. The van der Waals surface area contributed by atoms with Crippen molar-refractivity contribution in [3.63, 3.8) is 0 Å². The standard InChI is InChI=1S/C19H24Cl2N2O/c1-14(2)8-11-24-17-5-3-4-15(12-17)22-9-10-23-16-6-7-18(20)19(21)13-16/h3-7,12-14,22-23H,8-11H2,1-2H3. The van der Waals surface area contributed by atoms with Crippen molar-refractivity contribution in [2.45, 2.75) is 20.3 Å². The van der Waals surface area contributed by atoms with E-state index in [4.69, 9.17) is 27.9 Å². The van der Waals surface area contributed by atoms with E-state index in [-0.39, 0.29) is 0 Å². The van der Waals surface area contributed by atoms with Crippen molar-refractivity contribution in [2.24, 2.45) is 5.92 Å². The van der Waals surface area contributed by atoms with Crippen LogP contribution in [0.4, 0.5) is 11.4 Å². The fourth-order valence-corrected chi connectivity index (χ4v) is 2.43. The van der Waals surface area contributed by atoms with Gasteiger partial charge in [0.1, 0.15) is 5.75 Å². The fourth-order valence-electron chi connectivity index (χ4n) is 2.13. The predicted octanol–water partition coefficient (Wildman–Crippen LogP) is 5.94. The van der Waals surface area contributed by atoms with Gasteiger partial charge in [-0.3, -0.25) is 0 Å². The van der Waals surface area contributed by atoms with Crippen LogP contribution < -0.4 is 15.4 Å². The molecule has 5 heteroatoms. The molecule has 0 amide bonds. The normalized spacial score (nSPS) is 10.7. The van der Waals surface area contributed by atoms with Gasteiger partial charge in [-0.15, -0.1) is 0 Å². The van der Waals surface area contributed by atoms with Crippen LogP contribution in [0.15, 0.2) is 42.5 Å². The minimum Gasteiger partial charge on any atom is -0.494 e.